The Balaban J connectivity index is 0.00000961. The molecule has 0 spiro atoms. The van der Waals surface area contributed by atoms with Crippen molar-refractivity contribution in [1.82, 2.24) is 10.6 Å². The molecular weight excluding hydrogens is 424 g/mol. The van der Waals surface area contributed by atoms with E-state index < -0.39 is 0 Å². The monoisotopic (exact) mass is 472 g/mol. The van der Waals surface area contributed by atoms with Crippen molar-refractivity contribution in [3.63, 3.8) is 0 Å². The number of nitrogens with one attached hydrogen (secondary N) is 2. The van der Waals surface area contributed by atoms with Crippen LogP contribution in [0.5, 0.6) is 5.75 Å². The van der Waals surface area contributed by atoms with Gasteiger partial charge in [0.2, 0.25) is 0 Å². The summed E-state index contributed by atoms with van der Waals surface area (Å²) in [4.78, 5) is 0. The minimum absolute atomic E-state index is 0. The summed E-state index contributed by atoms with van der Waals surface area (Å²) in [6, 6.07) is 6.76. The van der Waals surface area contributed by atoms with Crippen LogP contribution in [0.25, 0.3) is 0 Å². The number of hydrogen-bond acceptors (Lipinski definition) is 7. The first kappa shape index (κ1) is 31.1. The lowest BCUT2D eigenvalue weighted by Crippen LogP contribution is -2.30. The molecule has 0 aliphatic rings. The van der Waals surface area contributed by atoms with E-state index in [0.717, 1.165) is 103 Å². The highest BCUT2D eigenvalue weighted by atomic mass is 35.5. The van der Waals surface area contributed by atoms with E-state index in [1.807, 2.05) is 0 Å². The van der Waals surface area contributed by atoms with Gasteiger partial charge in [-0.15, -0.1) is 12.4 Å². The van der Waals surface area contributed by atoms with Gasteiger partial charge in [-0.2, -0.15) is 0 Å². The molecule has 0 saturated heterocycles. The lowest BCUT2D eigenvalue weighted by atomic mass is 9.97. The van der Waals surface area contributed by atoms with Gasteiger partial charge >= 0.3 is 0 Å². The van der Waals surface area contributed by atoms with Crippen LogP contribution in [0.1, 0.15) is 56.6 Å². The summed E-state index contributed by atoms with van der Waals surface area (Å²) < 4.78 is 6.01. The number of unbranched alkanes of at least 4 members (excludes halogenated alkanes) is 1. The summed E-state index contributed by atoms with van der Waals surface area (Å²) in [5.41, 5.74) is 26.3. The van der Waals surface area contributed by atoms with Gasteiger partial charge in [-0.1, -0.05) is 19.4 Å². The molecule has 0 aliphatic heterocycles. The Labute approximate surface area is 202 Å². The van der Waals surface area contributed by atoms with Crippen molar-refractivity contribution in [2.45, 2.75) is 70.4 Å². The van der Waals surface area contributed by atoms with Crippen molar-refractivity contribution in [3.05, 3.63) is 29.3 Å². The molecule has 188 valence electrons. The van der Waals surface area contributed by atoms with E-state index in [1.54, 1.807) is 0 Å². The highest BCUT2D eigenvalue weighted by Crippen LogP contribution is 2.21. The summed E-state index contributed by atoms with van der Waals surface area (Å²) in [7, 11) is 0. The van der Waals surface area contributed by atoms with Gasteiger partial charge in [-0.25, -0.2) is 0 Å². The van der Waals surface area contributed by atoms with E-state index in [-0.39, 0.29) is 24.5 Å². The zero-order chi connectivity index (χ0) is 22.7. The average Bonchev–Trinajstić information content (AvgIpc) is 2.73. The Morgan fingerprint density at radius 3 is 1.72 bits per heavy atom. The van der Waals surface area contributed by atoms with Crippen molar-refractivity contribution in [3.8, 4) is 5.75 Å². The second kappa shape index (κ2) is 20.7. The molecule has 1 rings (SSSR count). The predicted molar refractivity (Wildman–Crippen MR) is 140 cm³/mol. The minimum atomic E-state index is 0. The first-order valence-electron chi connectivity index (χ1n) is 12.2. The fourth-order valence-electron chi connectivity index (χ4n) is 3.47. The second-order valence-corrected chi connectivity index (χ2v) is 8.48. The van der Waals surface area contributed by atoms with E-state index in [1.165, 1.54) is 11.1 Å². The summed E-state index contributed by atoms with van der Waals surface area (Å²) >= 11 is 0. The molecular formula is C24H49ClN6O. The zero-order valence-corrected chi connectivity index (χ0v) is 20.9. The van der Waals surface area contributed by atoms with E-state index in [2.05, 4.69) is 35.8 Å². The first-order chi connectivity index (χ1) is 15.1. The summed E-state index contributed by atoms with van der Waals surface area (Å²) in [5, 5.41) is 6.81. The van der Waals surface area contributed by atoms with Crippen LogP contribution in [0.3, 0.4) is 0 Å². The SMILES string of the molecule is CCCCOc1cc(CC(N)CCNCCCN)cc(CC(N)CCNCCCN)c1.Cl. The molecule has 0 bridgehead atoms. The number of ether oxygens (including phenoxy) is 1. The molecule has 0 radical (unpaired) electrons. The van der Waals surface area contributed by atoms with Gasteiger partial charge < -0.3 is 38.3 Å². The van der Waals surface area contributed by atoms with Gasteiger partial charge in [0.1, 0.15) is 5.75 Å². The highest BCUT2D eigenvalue weighted by Gasteiger charge is 2.10. The van der Waals surface area contributed by atoms with Gasteiger partial charge in [0.25, 0.3) is 0 Å². The smallest absolute Gasteiger partial charge is 0.119 e. The van der Waals surface area contributed by atoms with Crippen molar-refractivity contribution < 1.29 is 4.74 Å². The standard InChI is InChI=1S/C24H48N6O.ClH/c1-2-3-14-31-24-18-20(16-22(27)6-12-29-10-4-8-25)15-21(19-24)17-23(28)7-13-30-11-5-9-26;/h15,18-19,22-23,29-30H,2-14,16-17,25-28H2,1H3;1H. The minimum Gasteiger partial charge on any atom is -0.494 e. The third-order valence-corrected chi connectivity index (χ3v) is 5.29. The average molecular weight is 473 g/mol. The van der Waals surface area contributed by atoms with Crippen molar-refractivity contribution in [2.24, 2.45) is 22.9 Å². The molecule has 0 amide bonds. The number of halogens is 1. The third-order valence-electron chi connectivity index (χ3n) is 5.29. The van der Waals surface area contributed by atoms with Crippen LogP contribution >= 0.6 is 12.4 Å². The summed E-state index contributed by atoms with van der Waals surface area (Å²) in [6.07, 6.45) is 7.73. The Hall–Kier alpha value is -0.930. The molecule has 0 fully saturated rings. The van der Waals surface area contributed by atoms with E-state index in [4.69, 9.17) is 27.7 Å². The van der Waals surface area contributed by atoms with Gasteiger partial charge in [-0.3, -0.25) is 0 Å². The number of hydrogen-bond donors (Lipinski definition) is 6. The summed E-state index contributed by atoms with van der Waals surface area (Å²) in [5.74, 6) is 0.933. The molecule has 7 nitrogen and oxygen atoms in total. The molecule has 1 aromatic rings. The molecule has 8 heteroatoms. The predicted octanol–water partition coefficient (Wildman–Crippen LogP) is 1.68. The number of benzene rings is 1. The maximum absolute atomic E-state index is 6.40. The van der Waals surface area contributed by atoms with Crippen LogP contribution in [0, 0.1) is 0 Å². The Morgan fingerprint density at radius 1 is 0.781 bits per heavy atom. The Bertz CT molecular complexity index is 523. The zero-order valence-electron chi connectivity index (χ0n) is 20.1. The van der Waals surface area contributed by atoms with Gasteiger partial charge in [0, 0.05) is 12.1 Å². The molecule has 0 aliphatic carbocycles. The Morgan fingerprint density at radius 2 is 1.28 bits per heavy atom. The second-order valence-electron chi connectivity index (χ2n) is 8.48. The van der Waals surface area contributed by atoms with Crippen LogP contribution in [-0.4, -0.2) is 58.0 Å². The molecule has 1 aromatic carbocycles. The van der Waals surface area contributed by atoms with E-state index >= 15 is 0 Å². The quantitative estimate of drug-likeness (QED) is 0.159. The number of nitrogens with two attached hydrogens (primary N) is 4. The fourth-order valence-corrected chi connectivity index (χ4v) is 3.47. The molecule has 0 saturated carbocycles. The van der Waals surface area contributed by atoms with Gasteiger partial charge in [-0.05, 0) is 107 Å². The maximum atomic E-state index is 6.40. The van der Waals surface area contributed by atoms with Crippen LogP contribution in [-0.2, 0) is 12.8 Å². The maximum Gasteiger partial charge on any atom is 0.119 e. The van der Waals surface area contributed by atoms with Gasteiger partial charge in [0.05, 0.1) is 6.61 Å². The van der Waals surface area contributed by atoms with Crippen LogP contribution in [0.15, 0.2) is 18.2 Å². The molecule has 2 atom stereocenters. The summed E-state index contributed by atoms with van der Waals surface area (Å²) in [6.45, 7) is 8.10. The highest BCUT2D eigenvalue weighted by molar-refractivity contribution is 5.85. The van der Waals surface area contributed by atoms with Crippen LogP contribution in [0.4, 0.5) is 0 Å². The van der Waals surface area contributed by atoms with Crippen molar-refractivity contribution in [2.75, 3.05) is 45.9 Å². The molecule has 0 heterocycles. The normalized spacial score (nSPS) is 12.9. The van der Waals surface area contributed by atoms with E-state index in [0.29, 0.717) is 0 Å². The lowest BCUT2D eigenvalue weighted by molar-refractivity contribution is 0.308. The Kier molecular flexibility index (Phi) is 20.1. The third kappa shape index (κ3) is 15.8. The van der Waals surface area contributed by atoms with E-state index in [9.17, 15) is 0 Å². The van der Waals surface area contributed by atoms with Crippen LogP contribution < -0.4 is 38.3 Å². The molecule has 10 N–H and O–H groups in total. The topological polar surface area (TPSA) is 137 Å². The molecule has 32 heavy (non-hydrogen) atoms. The fraction of sp³-hybridized carbons (Fsp3) is 0.750. The molecule has 2 unspecified atom stereocenters. The number of rotatable bonds is 20. The van der Waals surface area contributed by atoms with Crippen LogP contribution in [0.2, 0.25) is 0 Å². The molecule has 0 aromatic heterocycles. The van der Waals surface area contributed by atoms with Gasteiger partial charge in [0.15, 0.2) is 0 Å². The van der Waals surface area contributed by atoms with Crippen molar-refractivity contribution in [1.29, 1.82) is 0 Å². The largest absolute Gasteiger partial charge is 0.494 e. The first-order valence-corrected chi connectivity index (χ1v) is 12.2. The van der Waals surface area contributed by atoms with Crippen molar-refractivity contribution >= 4 is 12.4 Å². The lowest BCUT2D eigenvalue weighted by Gasteiger charge is -2.17.